The molecular formula is C16H21N5O2. The molecule has 1 atom stereocenters. The number of hydrogen-bond acceptors (Lipinski definition) is 3. The zero-order valence-electron chi connectivity index (χ0n) is 13.4. The molecule has 0 unspecified atom stereocenters. The molecule has 0 saturated heterocycles. The number of aromatic amines is 1. The van der Waals surface area contributed by atoms with Crippen LogP contribution in [0.5, 0.6) is 0 Å². The number of fused-ring (bicyclic) bond motifs is 1. The van der Waals surface area contributed by atoms with Crippen LogP contribution < -0.4 is 10.9 Å². The van der Waals surface area contributed by atoms with Crippen LogP contribution in [0.15, 0.2) is 11.0 Å². The van der Waals surface area contributed by atoms with E-state index >= 15 is 0 Å². The molecule has 7 heteroatoms. The second-order valence-corrected chi connectivity index (χ2v) is 6.66. The second kappa shape index (κ2) is 5.11. The predicted octanol–water partition coefficient (Wildman–Crippen LogP) is 1.81. The number of carbonyl (C=O) groups is 1. The first kappa shape index (κ1) is 14.3. The van der Waals surface area contributed by atoms with Gasteiger partial charge >= 0.3 is 0 Å². The summed E-state index contributed by atoms with van der Waals surface area (Å²) in [5.41, 5.74) is 2.40. The Morgan fingerprint density at radius 1 is 1.26 bits per heavy atom. The fraction of sp³-hybridized carbons (Fsp3) is 0.562. The van der Waals surface area contributed by atoms with Gasteiger partial charge < -0.3 is 5.32 Å². The van der Waals surface area contributed by atoms with Crippen molar-refractivity contribution in [3.8, 4) is 0 Å². The van der Waals surface area contributed by atoms with E-state index in [2.05, 4.69) is 15.5 Å². The van der Waals surface area contributed by atoms with Crippen molar-refractivity contribution in [3.63, 3.8) is 0 Å². The first-order valence-electron chi connectivity index (χ1n) is 8.19. The summed E-state index contributed by atoms with van der Waals surface area (Å²) < 4.78 is 3.62. The normalized spacial score (nSPS) is 21.5. The lowest BCUT2D eigenvalue weighted by Crippen LogP contribution is -2.27. The van der Waals surface area contributed by atoms with E-state index in [0.717, 1.165) is 24.1 Å². The number of aromatic nitrogens is 4. The van der Waals surface area contributed by atoms with E-state index in [1.165, 1.54) is 12.8 Å². The Kier molecular flexibility index (Phi) is 3.18. The van der Waals surface area contributed by atoms with Crippen LogP contribution in [0.2, 0.25) is 0 Å². The van der Waals surface area contributed by atoms with E-state index in [1.54, 1.807) is 4.68 Å². The highest BCUT2D eigenvalue weighted by molar-refractivity contribution is 5.94. The summed E-state index contributed by atoms with van der Waals surface area (Å²) in [4.78, 5) is 24.8. The number of amides is 1. The Balaban J connectivity index is 1.86. The molecule has 2 aromatic heterocycles. The van der Waals surface area contributed by atoms with Crippen molar-refractivity contribution in [2.24, 2.45) is 7.05 Å². The molecule has 4 rings (SSSR count). The maximum Gasteiger partial charge on any atom is 0.270 e. The lowest BCUT2D eigenvalue weighted by atomic mass is 9.87. The fourth-order valence-electron chi connectivity index (χ4n) is 4.05. The van der Waals surface area contributed by atoms with Crippen molar-refractivity contribution in [2.75, 3.05) is 5.32 Å². The van der Waals surface area contributed by atoms with Crippen LogP contribution >= 0.6 is 0 Å². The van der Waals surface area contributed by atoms with Gasteiger partial charge in [0.2, 0.25) is 5.91 Å². The van der Waals surface area contributed by atoms with Gasteiger partial charge in [0, 0.05) is 31.1 Å². The van der Waals surface area contributed by atoms with Crippen LogP contribution in [-0.4, -0.2) is 25.5 Å². The third kappa shape index (κ3) is 2.22. The van der Waals surface area contributed by atoms with Crippen LogP contribution in [0.4, 0.5) is 5.82 Å². The van der Waals surface area contributed by atoms with Crippen molar-refractivity contribution < 1.29 is 4.79 Å². The molecule has 23 heavy (non-hydrogen) atoms. The van der Waals surface area contributed by atoms with E-state index in [1.807, 2.05) is 24.9 Å². The van der Waals surface area contributed by atoms with Gasteiger partial charge in [0.05, 0.1) is 17.3 Å². The summed E-state index contributed by atoms with van der Waals surface area (Å²) in [5.74, 6) is 0.391. The minimum Gasteiger partial charge on any atom is -0.311 e. The van der Waals surface area contributed by atoms with Crippen LogP contribution in [0, 0.1) is 6.92 Å². The van der Waals surface area contributed by atoms with Gasteiger partial charge in [0.25, 0.3) is 5.56 Å². The highest BCUT2D eigenvalue weighted by Crippen LogP contribution is 2.39. The van der Waals surface area contributed by atoms with Gasteiger partial charge in [-0.15, -0.1) is 0 Å². The van der Waals surface area contributed by atoms with Crippen LogP contribution in [0.1, 0.15) is 60.9 Å². The summed E-state index contributed by atoms with van der Waals surface area (Å²) in [5, 5.41) is 10.2. The zero-order chi connectivity index (χ0) is 16.1. The first-order chi connectivity index (χ1) is 11.0. The molecule has 0 radical (unpaired) electrons. The van der Waals surface area contributed by atoms with Crippen molar-refractivity contribution >= 4 is 11.7 Å². The van der Waals surface area contributed by atoms with E-state index in [9.17, 15) is 9.59 Å². The average molecular weight is 315 g/mol. The van der Waals surface area contributed by atoms with Crippen molar-refractivity contribution in [1.82, 2.24) is 19.6 Å². The van der Waals surface area contributed by atoms with Gasteiger partial charge in [-0.3, -0.25) is 24.1 Å². The standard InChI is InChI=1S/C16H21N5O2/c1-9-12(8-20(2)18-9)11-7-13(22)17-15-14(11)16(23)19-21(15)10-5-3-4-6-10/h8,10-11H,3-7H2,1-2H3,(H,17,22)(H,19,23)/t11-/m0/s1. The molecule has 2 N–H and O–H groups in total. The van der Waals surface area contributed by atoms with Gasteiger partial charge in [-0.2, -0.15) is 5.10 Å². The summed E-state index contributed by atoms with van der Waals surface area (Å²) in [6.45, 7) is 1.92. The molecule has 122 valence electrons. The zero-order valence-corrected chi connectivity index (χ0v) is 13.4. The maximum atomic E-state index is 12.6. The second-order valence-electron chi connectivity index (χ2n) is 6.66. The highest BCUT2D eigenvalue weighted by Gasteiger charge is 2.35. The number of rotatable bonds is 2. The molecule has 1 aliphatic heterocycles. The van der Waals surface area contributed by atoms with Gasteiger partial charge in [-0.25, -0.2) is 0 Å². The SMILES string of the molecule is Cc1nn(C)cc1[C@@H]1CC(=O)Nc2c1c(=O)[nH]n2C1CCCC1. The van der Waals surface area contributed by atoms with Gasteiger partial charge in [0.1, 0.15) is 5.82 Å². The lowest BCUT2D eigenvalue weighted by Gasteiger charge is -2.24. The lowest BCUT2D eigenvalue weighted by molar-refractivity contribution is -0.116. The van der Waals surface area contributed by atoms with Gasteiger partial charge in [0.15, 0.2) is 0 Å². The minimum atomic E-state index is -0.223. The molecule has 0 bridgehead atoms. The van der Waals surface area contributed by atoms with E-state index in [4.69, 9.17) is 0 Å². The van der Waals surface area contributed by atoms with Crippen molar-refractivity contribution in [1.29, 1.82) is 0 Å². The molecule has 2 aromatic rings. The minimum absolute atomic E-state index is 0.0449. The van der Waals surface area contributed by atoms with E-state index in [0.29, 0.717) is 11.4 Å². The predicted molar refractivity (Wildman–Crippen MR) is 85.6 cm³/mol. The first-order valence-corrected chi connectivity index (χ1v) is 8.19. The number of H-pyrrole nitrogens is 1. The van der Waals surface area contributed by atoms with Gasteiger partial charge in [-0.05, 0) is 19.8 Å². The molecule has 0 spiro atoms. The number of aryl methyl sites for hydroxylation is 2. The van der Waals surface area contributed by atoms with Crippen LogP contribution in [0.25, 0.3) is 0 Å². The molecule has 0 aromatic carbocycles. The smallest absolute Gasteiger partial charge is 0.270 e. The third-order valence-electron chi connectivity index (χ3n) is 5.08. The summed E-state index contributed by atoms with van der Waals surface area (Å²) in [7, 11) is 1.86. The topological polar surface area (TPSA) is 84.7 Å². The van der Waals surface area contributed by atoms with E-state index in [-0.39, 0.29) is 29.8 Å². The molecule has 3 heterocycles. The molecule has 1 saturated carbocycles. The summed E-state index contributed by atoms with van der Waals surface area (Å²) >= 11 is 0. The maximum absolute atomic E-state index is 12.6. The third-order valence-corrected chi connectivity index (χ3v) is 5.08. The molecule has 1 fully saturated rings. The quantitative estimate of drug-likeness (QED) is 0.886. The van der Waals surface area contributed by atoms with Crippen molar-refractivity contribution in [2.45, 2.75) is 51.0 Å². The molecule has 1 amide bonds. The average Bonchev–Trinajstić information content (AvgIpc) is 3.18. The van der Waals surface area contributed by atoms with Crippen LogP contribution in [-0.2, 0) is 11.8 Å². The molecule has 1 aliphatic carbocycles. The van der Waals surface area contributed by atoms with Crippen LogP contribution in [0.3, 0.4) is 0 Å². The van der Waals surface area contributed by atoms with E-state index < -0.39 is 0 Å². The summed E-state index contributed by atoms with van der Waals surface area (Å²) in [6.07, 6.45) is 6.62. The Bertz CT molecular complexity index is 822. The number of nitrogens with one attached hydrogen (secondary N) is 2. The Morgan fingerprint density at radius 3 is 2.65 bits per heavy atom. The highest BCUT2D eigenvalue weighted by atomic mass is 16.2. The number of hydrogen-bond donors (Lipinski definition) is 2. The summed E-state index contributed by atoms with van der Waals surface area (Å²) in [6, 6.07) is 0.278. The van der Waals surface area contributed by atoms with Crippen molar-refractivity contribution in [3.05, 3.63) is 33.4 Å². The Morgan fingerprint density at radius 2 is 2.00 bits per heavy atom. The fourth-order valence-corrected chi connectivity index (χ4v) is 4.05. The Labute approximate surface area is 133 Å². The van der Waals surface area contributed by atoms with Gasteiger partial charge in [-0.1, -0.05) is 12.8 Å². The number of carbonyl (C=O) groups excluding carboxylic acids is 1. The molecule has 2 aliphatic rings. The number of anilines is 1. The number of nitrogens with zero attached hydrogens (tertiary/aromatic N) is 3. The molecule has 7 nitrogen and oxygen atoms in total. The Hall–Kier alpha value is -2.31. The molecular weight excluding hydrogens is 294 g/mol. The largest absolute Gasteiger partial charge is 0.311 e. The monoisotopic (exact) mass is 315 g/mol.